The van der Waals surface area contributed by atoms with E-state index in [2.05, 4.69) is 10.2 Å². The fourth-order valence-electron chi connectivity index (χ4n) is 9.47. The van der Waals surface area contributed by atoms with Crippen molar-refractivity contribution in [1.29, 1.82) is 0 Å². The van der Waals surface area contributed by atoms with Crippen molar-refractivity contribution in [3.05, 3.63) is 153 Å². The van der Waals surface area contributed by atoms with Crippen LogP contribution in [0.15, 0.2) is 109 Å². The molecule has 4 saturated heterocycles. The van der Waals surface area contributed by atoms with E-state index in [9.17, 15) is 23.2 Å². The second-order valence-corrected chi connectivity index (χ2v) is 19.2. The summed E-state index contributed by atoms with van der Waals surface area (Å²) in [6.45, 7) is 0.681. The Bertz CT molecular complexity index is 2590. The summed E-state index contributed by atoms with van der Waals surface area (Å²) < 4.78 is 57.7. The predicted molar refractivity (Wildman–Crippen MR) is 254 cm³/mol. The number of alkyl carbamates (subject to hydrolysis) is 1. The van der Waals surface area contributed by atoms with Crippen LogP contribution < -0.4 is 24.1 Å². The predicted octanol–water partition coefficient (Wildman–Crippen LogP) is 9.83. The number of esters is 1. The van der Waals surface area contributed by atoms with Crippen LogP contribution in [0, 0.1) is 11.8 Å². The molecule has 5 aliphatic rings. The number of alkyl halides is 2. The standard InChI is InChI=1S/C53H54Cl2F2N4O8/c1-59-28-42(54)41(43(55)29-59)27-46(38-18-19-45(68-52(56)57)47(26-38)66-32-33-12-13-33)67-51(63)44-11-6-22-61(44)50(62)37-16-14-34(15-17-37)31-65-40-10-5-9-39(25-40)49(36-7-3-2-4-8-36)58-53(64)69-48-30-60-23-20-35(48)21-24-60/h2-5,7-10,14-19,25-26,28-29,33,35,44,46,48-49,52H,6,11-13,20-24,27,30-32H2,1H3/p+1/t44-,46-,48-,49-/m0/s1. The highest BCUT2D eigenvalue weighted by molar-refractivity contribution is 6.35. The minimum Gasteiger partial charge on any atom is -0.489 e. The summed E-state index contributed by atoms with van der Waals surface area (Å²) in [6, 6.07) is 27.5. The number of nitrogens with zero attached hydrogens (tertiary/aromatic N) is 3. The van der Waals surface area contributed by atoms with Crippen LogP contribution in [0.25, 0.3) is 0 Å². The molecule has 1 N–H and O–H groups in total. The Morgan fingerprint density at radius 1 is 0.797 bits per heavy atom. The van der Waals surface area contributed by atoms with E-state index in [0.29, 0.717) is 70.3 Å². The Morgan fingerprint density at radius 2 is 1.54 bits per heavy atom. The van der Waals surface area contributed by atoms with Gasteiger partial charge in [0, 0.05) is 30.6 Å². The normalized spacial score (nSPS) is 20.5. The second kappa shape index (κ2) is 21.8. The number of rotatable bonds is 18. The molecule has 2 bridgehead atoms. The number of hydrogen-bond acceptors (Lipinski definition) is 9. The summed E-state index contributed by atoms with van der Waals surface area (Å²) in [5.41, 5.74) is 3.91. The fourth-order valence-corrected chi connectivity index (χ4v) is 10.2. The number of benzene rings is 4. The number of fused-ring (bicyclic) bond motifs is 3. The molecule has 1 aromatic heterocycles. The van der Waals surface area contributed by atoms with E-state index in [1.807, 2.05) is 66.7 Å². The number of hydrogen-bond donors (Lipinski definition) is 1. The van der Waals surface area contributed by atoms with E-state index in [0.717, 1.165) is 62.0 Å². The number of aromatic nitrogens is 1. The van der Waals surface area contributed by atoms with Gasteiger partial charge in [-0.1, -0.05) is 83.9 Å². The number of piperidine rings is 3. The largest absolute Gasteiger partial charge is 0.489 e. The summed E-state index contributed by atoms with van der Waals surface area (Å²) in [7, 11) is 1.78. The van der Waals surface area contributed by atoms with Gasteiger partial charge in [0.2, 0.25) is 0 Å². The molecule has 0 spiro atoms. The number of amides is 2. The Morgan fingerprint density at radius 3 is 2.23 bits per heavy atom. The summed E-state index contributed by atoms with van der Waals surface area (Å²) in [6.07, 6.45) is 6.85. The molecule has 4 aromatic carbocycles. The van der Waals surface area contributed by atoms with Crippen LogP contribution >= 0.6 is 23.2 Å². The van der Waals surface area contributed by atoms with Gasteiger partial charge in [-0.3, -0.25) is 9.69 Å². The van der Waals surface area contributed by atoms with Crippen molar-refractivity contribution in [2.75, 3.05) is 32.8 Å². The van der Waals surface area contributed by atoms with Gasteiger partial charge >= 0.3 is 18.7 Å². The fraction of sp³-hybridized carbons (Fsp3) is 0.396. The number of pyridine rings is 1. The smallest absolute Gasteiger partial charge is 0.408 e. The number of carbonyl (C=O) groups excluding carboxylic acids is 3. The maximum absolute atomic E-state index is 14.2. The third-order valence-corrected chi connectivity index (χ3v) is 14.1. The van der Waals surface area contributed by atoms with Crippen molar-refractivity contribution in [2.45, 2.75) is 82.5 Å². The first-order valence-corrected chi connectivity index (χ1v) is 24.3. The van der Waals surface area contributed by atoms with Crippen molar-refractivity contribution in [1.82, 2.24) is 15.1 Å². The van der Waals surface area contributed by atoms with Gasteiger partial charge in [0.1, 0.15) is 47.7 Å². The van der Waals surface area contributed by atoms with Crippen LogP contribution in [-0.2, 0) is 34.3 Å². The molecule has 69 heavy (non-hydrogen) atoms. The van der Waals surface area contributed by atoms with E-state index in [4.69, 9.17) is 46.9 Å². The van der Waals surface area contributed by atoms with Gasteiger partial charge in [-0.2, -0.15) is 8.78 Å². The zero-order valence-electron chi connectivity index (χ0n) is 38.2. The van der Waals surface area contributed by atoms with Gasteiger partial charge in [0.15, 0.2) is 23.9 Å². The first-order valence-electron chi connectivity index (χ1n) is 23.6. The van der Waals surface area contributed by atoms with Crippen molar-refractivity contribution in [3.63, 3.8) is 0 Å². The molecule has 0 radical (unpaired) electrons. The zero-order chi connectivity index (χ0) is 48.0. The Balaban J connectivity index is 0.860. The monoisotopic (exact) mass is 983 g/mol. The van der Waals surface area contributed by atoms with E-state index < -0.39 is 36.9 Å². The Labute approximate surface area is 410 Å². The molecule has 4 atom stereocenters. The average Bonchev–Trinajstić information content (AvgIpc) is 4.05. The molecule has 5 heterocycles. The van der Waals surface area contributed by atoms with Gasteiger partial charge in [-0.05, 0) is 122 Å². The van der Waals surface area contributed by atoms with Crippen LogP contribution in [-0.4, -0.2) is 79.3 Å². The van der Waals surface area contributed by atoms with Crippen molar-refractivity contribution in [3.8, 4) is 17.2 Å². The molecule has 16 heteroatoms. The SMILES string of the molecule is C[n+]1cc(Cl)c(C[C@H](OC(=O)[C@@H]2CCCN2C(=O)c2ccc(COc3cccc([C@@H](NC(=O)O[C@H]4CN5CCC4CC5)c4ccccc4)c3)cc2)c2ccc(OC(F)F)c(OCC3CC3)c2)c(Cl)c1. The Kier molecular flexibility index (Phi) is 15.2. The van der Waals surface area contributed by atoms with E-state index in [-0.39, 0.29) is 36.5 Å². The zero-order valence-corrected chi connectivity index (χ0v) is 39.8. The summed E-state index contributed by atoms with van der Waals surface area (Å²) in [4.78, 5) is 45.5. The van der Waals surface area contributed by atoms with Crippen molar-refractivity contribution >= 4 is 41.2 Å². The van der Waals surface area contributed by atoms with E-state index >= 15 is 0 Å². The molecular formula is C53H55Cl2F2N4O8+. The lowest BCUT2D eigenvalue weighted by atomic mass is 9.86. The van der Waals surface area contributed by atoms with E-state index in [1.165, 1.54) is 11.0 Å². The lowest BCUT2D eigenvalue weighted by molar-refractivity contribution is -0.671. The van der Waals surface area contributed by atoms with Gasteiger partial charge < -0.3 is 33.9 Å². The summed E-state index contributed by atoms with van der Waals surface area (Å²) in [5.74, 6) is 0.313. The van der Waals surface area contributed by atoms with Crippen molar-refractivity contribution < 1.29 is 51.4 Å². The highest BCUT2D eigenvalue weighted by Crippen LogP contribution is 2.39. The lowest BCUT2D eigenvalue weighted by Crippen LogP contribution is -2.52. The minimum absolute atomic E-state index is 0.0504. The summed E-state index contributed by atoms with van der Waals surface area (Å²) in [5, 5.41) is 3.80. The molecule has 1 saturated carbocycles. The number of halogens is 4. The molecule has 0 unspecified atom stereocenters. The molecule has 2 amide bonds. The molecule has 10 rings (SSSR count). The molecule has 362 valence electrons. The average molecular weight is 985 g/mol. The quantitative estimate of drug-likeness (QED) is 0.0676. The molecule has 12 nitrogen and oxygen atoms in total. The van der Waals surface area contributed by atoms with Gasteiger partial charge in [-0.25, -0.2) is 14.2 Å². The van der Waals surface area contributed by atoms with Crippen LogP contribution in [0.5, 0.6) is 17.2 Å². The van der Waals surface area contributed by atoms with Crippen molar-refractivity contribution in [2.24, 2.45) is 18.9 Å². The van der Waals surface area contributed by atoms with Gasteiger partial charge in [0.05, 0.1) is 12.6 Å². The molecule has 1 aliphatic carbocycles. The number of likely N-dealkylation sites (tertiary alicyclic amines) is 1. The highest BCUT2D eigenvalue weighted by atomic mass is 35.5. The van der Waals surface area contributed by atoms with Crippen LogP contribution in [0.1, 0.15) is 88.8 Å². The van der Waals surface area contributed by atoms with Crippen LogP contribution in [0.4, 0.5) is 13.6 Å². The maximum atomic E-state index is 14.2. The first kappa shape index (κ1) is 48.1. The molecule has 4 aliphatic heterocycles. The number of ether oxygens (including phenoxy) is 5. The third-order valence-electron chi connectivity index (χ3n) is 13.4. The topological polar surface area (TPSA) is 120 Å². The molecule has 5 aromatic rings. The number of nitrogens with one attached hydrogen (secondary N) is 1. The van der Waals surface area contributed by atoms with E-state index in [1.54, 1.807) is 48.3 Å². The van der Waals surface area contributed by atoms with Crippen LogP contribution in [0.3, 0.4) is 0 Å². The highest BCUT2D eigenvalue weighted by Gasteiger charge is 2.39. The lowest BCUT2D eigenvalue weighted by Gasteiger charge is -2.43. The number of aryl methyl sites for hydroxylation is 1. The summed E-state index contributed by atoms with van der Waals surface area (Å²) >= 11 is 13.3. The second-order valence-electron chi connectivity index (χ2n) is 18.4. The maximum Gasteiger partial charge on any atom is 0.408 e. The van der Waals surface area contributed by atoms with Gasteiger partial charge in [-0.15, -0.1) is 0 Å². The molecule has 5 fully saturated rings. The Hall–Kier alpha value is -5.96. The third kappa shape index (κ3) is 12.1. The minimum atomic E-state index is -3.07. The van der Waals surface area contributed by atoms with Gasteiger partial charge in [0.25, 0.3) is 5.91 Å². The molecular weight excluding hydrogens is 930 g/mol. The number of carbonyl (C=O) groups is 3. The van der Waals surface area contributed by atoms with Crippen LogP contribution in [0.2, 0.25) is 10.0 Å². The first-order chi connectivity index (χ1) is 33.4.